The van der Waals surface area contributed by atoms with E-state index in [1.165, 1.54) is 6.07 Å². The Kier molecular flexibility index (Phi) is 5.75. The molecule has 0 bridgehead atoms. The summed E-state index contributed by atoms with van der Waals surface area (Å²) in [4.78, 5) is 17.4. The van der Waals surface area contributed by atoms with Crippen LogP contribution in [0.2, 0.25) is 10.0 Å². The van der Waals surface area contributed by atoms with Gasteiger partial charge in [-0.25, -0.2) is 9.37 Å². The Morgan fingerprint density at radius 3 is 2.53 bits per heavy atom. The molecule has 7 heteroatoms. The Morgan fingerprint density at radius 1 is 1.07 bits per heavy atom. The minimum atomic E-state index is -0.425. The quantitative estimate of drug-likeness (QED) is 0.411. The largest absolute Gasteiger partial charge is 0.342 e. The highest BCUT2D eigenvalue weighted by Gasteiger charge is 2.20. The molecule has 3 aromatic carbocycles. The van der Waals surface area contributed by atoms with Crippen molar-refractivity contribution in [3.05, 3.63) is 99.5 Å². The Balaban J connectivity index is 1.70. The molecule has 0 radical (unpaired) electrons. The number of aromatic nitrogens is 2. The maximum Gasteiger partial charge on any atom is 0.251 e. The number of imidazole rings is 1. The van der Waals surface area contributed by atoms with Crippen LogP contribution in [0.4, 0.5) is 4.39 Å². The van der Waals surface area contributed by atoms with Crippen molar-refractivity contribution in [1.29, 1.82) is 0 Å². The van der Waals surface area contributed by atoms with Crippen molar-refractivity contribution in [2.75, 3.05) is 0 Å². The van der Waals surface area contributed by atoms with E-state index in [2.05, 4.69) is 5.32 Å². The first-order valence-electron chi connectivity index (χ1n) is 9.38. The van der Waals surface area contributed by atoms with E-state index in [0.29, 0.717) is 27.0 Å². The molecular formula is C23H18Cl2FN3O. The molecule has 0 saturated heterocycles. The number of rotatable bonds is 5. The van der Waals surface area contributed by atoms with Gasteiger partial charge in [0.2, 0.25) is 0 Å². The molecule has 4 aromatic rings. The van der Waals surface area contributed by atoms with Crippen LogP contribution in [0.25, 0.3) is 11.0 Å². The number of para-hydroxylation sites is 2. The summed E-state index contributed by atoms with van der Waals surface area (Å²) >= 11 is 12.2. The molecule has 152 valence electrons. The Labute approximate surface area is 183 Å². The van der Waals surface area contributed by atoms with Crippen LogP contribution in [0.1, 0.15) is 34.7 Å². The van der Waals surface area contributed by atoms with Crippen molar-refractivity contribution in [2.45, 2.75) is 19.5 Å². The van der Waals surface area contributed by atoms with Gasteiger partial charge in [-0.3, -0.25) is 4.79 Å². The predicted octanol–water partition coefficient (Wildman–Crippen LogP) is 6.02. The zero-order valence-electron chi connectivity index (χ0n) is 16.1. The van der Waals surface area contributed by atoms with Gasteiger partial charge in [0.1, 0.15) is 11.6 Å². The molecule has 0 saturated carbocycles. The molecule has 0 fully saturated rings. The topological polar surface area (TPSA) is 46.9 Å². The van der Waals surface area contributed by atoms with E-state index in [-0.39, 0.29) is 18.3 Å². The van der Waals surface area contributed by atoms with Crippen LogP contribution in [0.3, 0.4) is 0 Å². The number of nitrogens with zero attached hydrogens (tertiary/aromatic N) is 2. The number of amides is 1. The molecule has 0 spiro atoms. The van der Waals surface area contributed by atoms with Crippen LogP contribution in [-0.4, -0.2) is 15.5 Å². The number of carbonyl (C=O) groups is 1. The van der Waals surface area contributed by atoms with E-state index in [0.717, 1.165) is 11.0 Å². The summed E-state index contributed by atoms with van der Waals surface area (Å²) in [7, 11) is 0. The van der Waals surface area contributed by atoms with Crippen molar-refractivity contribution >= 4 is 40.1 Å². The summed E-state index contributed by atoms with van der Waals surface area (Å²) in [5.74, 6) is -0.0244. The van der Waals surface area contributed by atoms with E-state index < -0.39 is 6.04 Å². The highest BCUT2D eigenvalue weighted by molar-refractivity contribution is 6.31. The average Bonchev–Trinajstić information content (AvgIpc) is 3.10. The lowest BCUT2D eigenvalue weighted by atomic mass is 10.2. The fourth-order valence-electron chi connectivity index (χ4n) is 3.38. The number of hydrogen-bond donors (Lipinski definition) is 1. The minimum absolute atomic E-state index is 0.197. The van der Waals surface area contributed by atoms with Crippen LogP contribution < -0.4 is 5.32 Å². The van der Waals surface area contributed by atoms with Gasteiger partial charge >= 0.3 is 0 Å². The SMILES string of the molecule is CC(NC(=O)c1ccc(Cl)cc1)c1nc2ccccc2n1Cc1c(F)cccc1Cl. The van der Waals surface area contributed by atoms with Gasteiger partial charge in [-0.05, 0) is 55.5 Å². The highest BCUT2D eigenvalue weighted by atomic mass is 35.5. The molecule has 1 N–H and O–H groups in total. The molecule has 0 aliphatic carbocycles. The Hall–Kier alpha value is -2.89. The number of fused-ring (bicyclic) bond motifs is 1. The Bertz CT molecular complexity index is 1200. The summed E-state index contributed by atoms with van der Waals surface area (Å²) in [5.41, 5.74) is 2.46. The summed E-state index contributed by atoms with van der Waals surface area (Å²) in [6.45, 7) is 2.04. The van der Waals surface area contributed by atoms with E-state index >= 15 is 0 Å². The number of nitrogens with one attached hydrogen (secondary N) is 1. The highest BCUT2D eigenvalue weighted by Crippen LogP contribution is 2.26. The van der Waals surface area contributed by atoms with Crippen molar-refractivity contribution in [2.24, 2.45) is 0 Å². The van der Waals surface area contributed by atoms with Crippen molar-refractivity contribution < 1.29 is 9.18 Å². The zero-order chi connectivity index (χ0) is 21.3. The molecule has 4 rings (SSSR count). The second-order valence-corrected chi connectivity index (χ2v) is 7.79. The van der Waals surface area contributed by atoms with Gasteiger partial charge in [-0.1, -0.05) is 41.4 Å². The molecule has 1 atom stereocenters. The average molecular weight is 442 g/mol. The molecule has 4 nitrogen and oxygen atoms in total. The van der Waals surface area contributed by atoms with Crippen LogP contribution in [-0.2, 0) is 6.54 Å². The third-order valence-electron chi connectivity index (χ3n) is 4.90. The van der Waals surface area contributed by atoms with E-state index in [4.69, 9.17) is 28.2 Å². The molecule has 1 amide bonds. The van der Waals surface area contributed by atoms with Crippen molar-refractivity contribution in [3.63, 3.8) is 0 Å². The Morgan fingerprint density at radius 2 is 1.80 bits per heavy atom. The van der Waals surface area contributed by atoms with Gasteiger partial charge in [0.15, 0.2) is 0 Å². The van der Waals surface area contributed by atoms with E-state index in [1.807, 2.05) is 35.8 Å². The van der Waals surface area contributed by atoms with Gasteiger partial charge in [0.05, 0.1) is 23.6 Å². The first kappa shape index (κ1) is 20.4. The van der Waals surface area contributed by atoms with Crippen LogP contribution >= 0.6 is 23.2 Å². The summed E-state index contributed by atoms with van der Waals surface area (Å²) in [6.07, 6.45) is 0. The molecule has 1 heterocycles. The molecular weight excluding hydrogens is 424 g/mol. The number of carbonyl (C=O) groups excluding carboxylic acids is 1. The predicted molar refractivity (Wildman–Crippen MR) is 118 cm³/mol. The fraction of sp³-hybridized carbons (Fsp3) is 0.130. The first-order valence-corrected chi connectivity index (χ1v) is 10.1. The third kappa shape index (κ3) is 4.04. The summed E-state index contributed by atoms with van der Waals surface area (Å²) in [6, 6.07) is 18.4. The molecule has 30 heavy (non-hydrogen) atoms. The molecule has 1 aromatic heterocycles. The second kappa shape index (κ2) is 8.46. The van der Waals surface area contributed by atoms with Crippen molar-refractivity contribution in [3.8, 4) is 0 Å². The number of hydrogen-bond acceptors (Lipinski definition) is 2. The maximum atomic E-state index is 14.4. The smallest absolute Gasteiger partial charge is 0.251 e. The van der Waals surface area contributed by atoms with Crippen LogP contribution in [0.15, 0.2) is 66.7 Å². The minimum Gasteiger partial charge on any atom is -0.342 e. The first-order chi connectivity index (χ1) is 14.4. The van der Waals surface area contributed by atoms with E-state index in [1.54, 1.807) is 36.4 Å². The standard InChI is InChI=1S/C23H18Cl2FN3O/c1-14(27-23(30)15-9-11-16(24)12-10-15)22-28-20-7-2-3-8-21(20)29(22)13-17-18(25)5-4-6-19(17)26/h2-12,14H,13H2,1H3,(H,27,30). The van der Waals surface area contributed by atoms with Gasteiger partial charge in [-0.15, -0.1) is 0 Å². The lowest BCUT2D eigenvalue weighted by molar-refractivity contribution is 0.0937. The van der Waals surface area contributed by atoms with Gasteiger partial charge < -0.3 is 9.88 Å². The second-order valence-electron chi connectivity index (χ2n) is 6.95. The third-order valence-corrected chi connectivity index (χ3v) is 5.51. The van der Waals surface area contributed by atoms with Gasteiger partial charge in [0.25, 0.3) is 5.91 Å². The van der Waals surface area contributed by atoms with Gasteiger partial charge in [-0.2, -0.15) is 0 Å². The molecule has 0 aliphatic rings. The zero-order valence-corrected chi connectivity index (χ0v) is 17.6. The van der Waals surface area contributed by atoms with E-state index in [9.17, 15) is 9.18 Å². The molecule has 0 aliphatic heterocycles. The van der Waals surface area contributed by atoms with Crippen molar-refractivity contribution in [1.82, 2.24) is 14.9 Å². The summed E-state index contributed by atoms with van der Waals surface area (Å²) in [5, 5.41) is 3.86. The van der Waals surface area contributed by atoms with Crippen LogP contribution in [0.5, 0.6) is 0 Å². The lowest BCUT2D eigenvalue weighted by Crippen LogP contribution is -2.29. The lowest BCUT2D eigenvalue weighted by Gasteiger charge is -2.17. The maximum absolute atomic E-state index is 14.4. The summed E-state index contributed by atoms with van der Waals surface area (Å²) < 4.78 is 16.3. The van der Waals surface area contributed by atoms with Gasteiger partial charge in [0, 0.05) is 21.2 Å². The van der Waals surface area contributed by atoms with Crippen LogP contribution in [0, 0.1) is 5.82 Å². The fourth-order valence-corrected chi connectivity index (χ4v) is 3.73. The monoisotopic (exact) mass is 441 g/mol. The number of benzene rings is 3. The normalized spacial score (nSPS) is 12.1. The molecule has 1 unspecified atom stereocenters. The number of halogens is 3.